The first-order valence-corrected chi connectivity index (χ1v) is 5.99. The molecule has 0 amide bonds. The second kappa shape index (κ2) is 3.95. The average Bonchev–Trinajstić information content (AvgIpc) is 2.31. The highest BCUT2D eigenvalue weighted by Crippen LogP contribution is 2.40. The maximum atomic E-state index is 5.89. The van der Waals surface area contributed by atoms with Gasteiger partial charge in [0.2, 0.25) is 0 Å². The van der Waals surface area contributed by atoms with E-state index in [2.05, 4.69) is 0 Å². The second-order valence-corrected chi connectivity index (χ2v) is 5.45. The van der Waals surface area contributed by atoms with Crippen LogP contribution in [0.2, 0.25) is 0 Å². The van der Waals surface area contributed by atoms with E-state index in [9.17, 15) is 0 Å². The maximum Gasteiger partial charge on any atom is 0.195 e. The van der Waals surface area contributed by atoms with Gasteiger partial charge in [-0.05, 0) is 34.6 Å². The molecule has 3 atom stereocenters. The molecule has 4 nitrogen and oxygen atoms in total. The summed E-state index contributed by atoms with van der Waals surface area (Å²) in [7, 11) is 0. The van der Waals surface area contributed by atoms with Gasteiger partial charge in [-0.15, -0.1) is 0 Å². The number of fused-ring (bicyclic) bond motifs is 2. The van der Waals surface area contributed by atoms with Gasteiger partial charge in [-0.3, -0.25) is 0 Å². The summed E-state index contributed by atoms with van der Waals surface area (Å²) in [5.74, 6) is -1.17. The molecule has 0 unspecified atom stereocenters. The maximum absolute atomic E-state index is 5.89. The zero-order valence-corrected chi connectivity index (χ0v) is 10.8. The van der Waals surface area contributed by atoms with E-state index in [0.29, 0.717) is 6.61 Å². The Morgan fingerprint density at radius 2 is 1.94 bits per heavy atom. The molecule has 2 aliphatic rings. The van der Waals surface area contributed by atoms with Crippen LogP contribution >= 0.6 is 0 Å². The van der Waals surface area contributed by atoms with Crippen LogP contribution in [-0.2, 0) is 18.9 Å². The van der Waals surface area contributed by atoms with Crippen molar-refractivity contribution in [3.63, 3.8) is 0 Å². The molecule has 0 aromatic heterocycles. The van der Waals surface area contributed by atoms with Crippen LogP contribution in [0.25, 0.3) is 0 Å². The van der Waals surface area contributed by atoms with E-state index in [0.717, 1.165) is 6.42 Å². The highest BCUT2D eigenvalue weighted by atomic mass is 16.8. The lowest BCUT2D eigenvalue weighted by molar-refractivity contribution is -0.315. The van der Waals surface area contributed by atoms with Gasteiger partial charge >= 0.3 is 0 Å². The first-order chi connectivity index (χ1) is 7.32. The van der Waals surface area contributed by atoms with Crippen LogP contribution in [0.1, 0.15) is 41.0 Å². The molecule has 0 aromatic carbocycles. The van der Waals surface area contributed by atoms with Crippen LogP contribution in [-0.4, -0.2) is 36.5 Å². The predicted molar refractivity (Wildman–Crippen MR) is 59.0 cm³/mol. The minimum Gasteiger partial charge on any atom is -0.345 e. The van der Waals surface area contributed by atoms with Crippen LogP contribution in [0.4, 0.5) is 0 Å². The first kappa shape index (κ1) is 12.3. The Morgan fingerprint density at radius 3 is 2.56 bits per heavy atom. The van der Waals surface area contributed by atoms with Gasteiger partial charge in [0, 0.05) is 6.42 Å². The van der Waals surface area contributed by atoms with Gasteiger partial charge < -0.3 is 18.9 Å². The predicted octanol–water partition coefficient (Wildman–Crippen LogP) is 2.07. The summed E-state index contributed by atoms with van der Waals surface area (Å²) in [5, 5.41) is 0. The van der Waals surface area contributed by atoms with E-state index in [4.69, 9.17) is 18.9 Å². The van der Waals surface area contributed by atoms with Crippen molar-refractivity contribution in [3.05, 3.63) is 0 Å². The van der Waals surface area contributed by atoms with Gasteiger partial charge in [0.25, 0.3) is 0 Å². The zero-order chi connectivity index (χ0) is 12.0. The third-order valence-electron chi connectivity index (χ3n) is 2.96. The van der Waals surface area contributed by atoms with Gasteiger partial charge in [-0.2, -0.15) is 0 Å². The molecule has 0 N–H and O–H groups in total. The number of ether oxygens (including phenoxy) is 4. The SMILES string of the molecule is CC(C)O[C@]12COC(C)(C)O[C@H](C1)[C@@H](C)O2. The minimum absolute atomic E-state index is 0.0521. The fraction of sp³-hybridized carbons (Fsp3) is 1.00. The van der Waals surface area contributed by atoms with Crippen LogP contribution in [0.15, 0.2) is 0 Å². The lowest BCUT2D eigenvalue weighted by Gasteiger charge is -2.34. The van der Waals surface area contributed by atoms with Crippen molar-refractivity contribution in [2.45, 2.75) is 70.9 Å². The second-order valence-electron chi connectivity index (χ2n) is 5.45. The zero-order valence-electron chi connectivity index (χ0n) is 10.8. The van der Waals surface area contributed by atoms with E-state index in [1.807, 2.05) is 34.6 Å². The van der Waals surface area contributed by atoms with Crippen molar-refractivity contribution >= 4 is 0 Å². The molecular formula is C12H22O4. The summed E-state index contributed by atoms with van der Waals surface area (Å²) in [6.07, 6.45) is 0.976. The smallest absolute Gasteiger partial charge is 0.195 e. The molecule has 0 aromatic rings. The molecule has 2 heterocycles. The van der Waals surface area contributed by atoms with Crippen molar-refractivity contribution in [2.24, 2.45) is 0 Å². The largest absolute Gasteiger partial charge is 0.345 e. The Balaban J connectivity index is 2.16. The molecule has 0 radical (unpaired) electrons. The first-order valence-electron chi connectivity index (χ1n) is 5.99. The van der Waals surface area contributed by atoms with E-state index in [1.165, 1.54) is 0 Å². The van der Waals surface area contributed by atoms with Crippen molar-refractivity contribution in [2.75, 3.05) is 6.61 Å². The van der Waals surface area contributed by atoms with E-state index < -0.39 is 11.6 Å². The highest BCUT2D eigenvalue weighted by molar-refractivity contribution is 4.91. The topological polar surface area (TPSA) is 36.9 Å². The minimum atomic E-state index is -0.619. The van der Waals surface area contributed by atoms with Crippen LogP contribution < -0.4 is 0 Å². The number of rotatable bonds is 2. The lowest BCUT2D eigenvalue weighted by Crippen LogP contribution is -2.43. The molecule has 16 heavy (non-hydrogen) atoms. The van der Waals surface area contributed by atoms with E-state index >= 15 is 0 Å². The molecule has 2 saturated heterocycles. The van der Waals surface area contributed by atoms with Gasteiger partial charge in [0.15, 0.2) is 11.6 Å². The van der Waals surface area contributed by atoms with E-state index in [1.54, 1.807) is 0 Å². The number of hydrogen-bond acceptors (Lipinski definition) is 4. The Labute approximate surface area is 97.2 Å². The molecule has 2 bridgehead atoms. The average molecular weight is 230 g/mol. The molecule has 0 aliphatic carbocycles. The van der Waals surface area contributed by atoms with Gasteiger partial charge in [-0.25, -0.2) is 0 Å². The van der Waals surface area contributed by atoms with Crippen LogP contribution in [0.5, 0.6) is 0 Å². The third-order valence-corrected chi connectivity index (χ3v) is 2.96. The highest BCUT2D eigenvalue weighted by Gasteiger charge is 2.52. The molecule has 0 spiro atoms. The normalized spacial score (nSPS) is 42.4. The molecule has 2 rings (SSSR count). The molecule has 2 aliphatic heterocycles. The van der Waals surface area contributed by atoms with Gasteiger partial charge in [0.1, 0.15) is 6.61 Å². The van der Waals surface area contributed by atoms with Gasteiger partial charge in [0.05, 0.1) is 18.3 Å². The Bertz CT molecular complexity index is 260. The summed E-state index contributed by atoms with van der Waals surface area (Å²) in [4.78, 5) is 0. The monoisotopic (exact) mass is 230 g/mol. The van der Waals surface area contributed by atoms with Crippen molar-refractivity contribution in [1.82, 2.24) is 0 Å². The molecular weight excluding hydrogens is 208 g/mol. The van der Waals surface area contributed by atoms with E-state index in [-0.39, 0.29) is 18.3 Å². The van der Waals surface area contributed by atoms with Crippen molar-refractivity contribution in [3.8, 4) is 0 Å². The number of hydrogen-bond donors (Lipinski definition) is 0. The third kappa shape index (κ3) is 2.40. The summed E-state index contributed by atoms with van der Waals surface area (Å²) in [5.41, 5.74) is 0. The van der Waals surface area contributed by atoms with Crippen molar-refractivity contribution < 1.29 is 18.9 Å². The Hall–Kier alpha value is -0.160. The molecule has 2 fully saturated rings. The van der Waals surface area contributed by atoms with Crippen LogP contribution in [0.3, 0.4) is 0 Å². The lowest BCUT2D eigenvalue weighted by atomic mass is 10.1. The summed E-state index contributed by atoms with van der Waals surface area (Å²) < 4.78 is 23.4. The summed E-state index contributed by atoms with van der Waals surface area (Å²) in [6.45, 7) is 10.3. The quantitative estimate of drug-likeness (QED) is 0.727. The van der Waals surface area contributed by atoms with Crippen LogP contribution in [0, 0.1) is 0 Å². The fourth-order valence-corrected chi connectivity index (χ4v) is 2.39. The molecule has 94 valence electrons. The summed E-state index contributed by atoms with van der Waals surface area (Å²) >= 11 is 0. The Kier molecular flexibility index (Phi) is 3.03. The standard InChI is InChI=1S/C12H22O4/c1-8(2)14-12-6-10(9(3)15-12)16-11(4,5)13-7-12/h8-10H,6-7H2,1-5H3/t9-,10-,12-/m1/s1. The van der Waals surface area contributed by atoms with Gasteiger partial charge in [-0.1, -0.05) is 0 Å². The summed E-state index contributed by atoms with van der Waals surface area (Å²) in [6, 6.07) is 0. The molecule has 4 heteroatoms. The molecule has 0 saturated carbocycles. The fourth-order valence-electron chi connectivity index (χ4n) is 2.39. The Morgan fingerprint density at radius 1 is 1.25 bits per heavy atom. The van der Waals surface area contributed by atoms with Crippen molar-refractivity contribution in [1.29, 1.82) is 0 Å².